The van der Waals surface area contributed by atoms with Crippen molar-refractivity contribution in [1.82, 2.24) is 0 Å². The van der Waals surface area contributed by atoms with Gasteiger partial charge in [-0.05, 0) is 30.2 Å². The number of carbonyl (C=O) groups is 2. The van der Waals surface area contributed by atoms with E-state index in [4.69, 9.17) is 9.47 Å². The third-order valence-corrected chi connectivity index (χ3v) is 3.21. The third kappa shape index (κ3) is 5.24. The molecule has 0 N–H and O–H groups in total. The van der Waals surface area contributed by atoms with E-state index >= 15 is 0 Å². The molecule has 0 spiro atoms. The molecule has 6 nitrogen and oxygen atoms in total. The van der Waals surface area contributed by atoms with Crippen LogP contribution in [0.4, 0.5) is 0 Å². The summed E-state index contributed by atoms with van der Waals surface area (Å²) in [7, 11) is 3.88. The van der Waals surface area contributed by atoms with Crippen molar-refractivity contribution in [1.29, 1.82) is 0 Å². The van der Waals surface area contributed by atoms with E-state index < -0.39 is 11.9 Å². The molecule has 0 aliphatic heterocycles. The largest absolute Gasteiger partial charge is 0.493 e. The fraction of sp³-hybridized carbons (Fsp3) is 0.263. The second-order valence-electron chi connectivity index (χ2n) is 4.85. The smallest absolute Gasteiger partial charge is 0.345 e. The molecule has 1 rings (SSSR count). The second-order valence-corrected chi connectivity index (χ2v) is 4.85. The van der Waals surface area contributed by atoms with Gasteiger partial charge in [0.15, 0.2) is 11.5 Å². The van der Waals surface area contributed by atoms with E-state index in [0.29, 0.717) is 30.1 Å². The number of ether oxygens (including phenoxy) is 4. The van der Waals surface area contributed by atoms with E-state index in [9.17, 15) is 9.59 Å². The van der Waals surface area contributed by atoms with E-state index in [2.05, 4.69) is 22.6 Å². The lowest BCUT2D eigenvalue weighted by molar-refractivity contribution is -0.143. The Hall–Kier alpha value is -3.02. The molecule has 0 aliphatic carbocycles. The Bertz CT molecular complexity index is 669. The Morgan fingerprint density at radius 3 is 2.16 bits per heavy atom. The van der Waals surface area contributed by atoms with Crippen LogP contribution in [0, 0.1) is 0 Å². The topological polar surface area (TPSA) is 71.1 Å². The van der Waals surface area contributed by atoms with Crippen molar-refractivity contribution in [2.75, 3.05) is 27.9 Å². The van der Waals surface area contributed by atoms with E-state index in [0.717, 1.165) is 5.56 Å². The van der Waals surface area contributed by atoms with Gasteiger partial charge in [0.25, 0.3) is 0 Å². The molecule has 25 heavy (non-hydrogen) atoms. The van der Waals surface area contributed by atoms with Crippen LogP contribution in [0.15, 0.2) is 43.0 Å². The standard InChI is InChI=1S/C19H22O6/c1-6-8-14-10-13(11-15(18(20)23-4)19(21)24-5)12-16(22-3)17(14)25-9-7-2/h6-7,10-12H,1-2,8-9H2,3-5H3. The van der Waals surface area contributed by atoms with Crippen molar-refractivity contribution in [2.45, 2.75) is 6.42 Å². The van der Waals surface area contributed by atoms with Gasteiger partial charge in [-0.2, -0.15) is 0 Å². The molecule has 0 saturated heterocycles. The summed E-state index contributed by atoms with van der Waals surface area (Å²) in [5.41, 5.74) is 1.12. The van der Waals surface area contributed by atoms with Crippen LogP contribution >= 0.6 is 0 Å². The molecule has 0 heterocycles. The van der Waals surface area contributed by atoms with Crippen LogP contribution < -0.4 is 9.47 Å². The molecule has 1 aromatic carbocycles. The van der Waals surface area contributed by atoms with E-state index in [1.165, 1.54) is 27.4 Å². The molecular weight excluding hydrogens is 324 g/mol. The summed E-state index contributed by atoms with van der Waals surface area (Å²) in [4.78, 5) is 23.6. The normalized spacial score (nSPS) is 9.56. The quantitative estimate of drug-likeness (QED) is 0.225. The van der Waals surface area contributed by atoms with Gasteiger partial charge >= 0.3 is 11.9 Å². The minimum absolute atomic E-state index is 0.226. The number of hydrogen-bond donors (Lipinski definition) is 0. The Kier molecular flexibility index (Phi) is 7.99. The van der Waals surface area contributed by atoms with Gasteiger partial charge in [-0.15, -0.1) is 6.58 Å². The van der Waals surface area contributed by atoms with Crippen LogP contribution in [0.1, 0.15) is 11.1 Å². The number of allylic oxidation sites excluding steroid dienone is 1. The Balaban J connectivity index is 3.48. The number of hydrogen-bond acceptors (Lipinski definition) is 6. The van der Waals surface area contributed by atoms with Crippen LogP contribution in [0.25, 0.3) is 6.08 Å². The van der Waals surface area contributed by atoms with Crippen LogP contribution in [0.5, 0.6) is 11.5 Å². The highest BCUT2D eigenvalue weighted by Gasteiger charge is 2.20. The van der Waals surface area contributed by atoms with Gasteiger partial charge in [0.2, 0.25) is 0 Å². The molecule has 134 valence electrons. The summed E-state index contributed by atoms with van der Waals surface area (Å²) in [6.45, 7) is 7.66. The number of methoxy groups -OCH3 is 3. The minimum atomic E-state index is -0.789. The summed E-state index contributed by atoms with van der Waals surface area (Å²) in [6.07, 6.45) is 5.22. The van der Waals surface area contributed by atoms with Crippen molar-refractivity contribution >= 4 is 18.0 Å². The minimum Gasteiger partial charge on any atom is -0.493 e. The first-order chi connectivity index (χ1) is 12.0. The van der Waals surface area contributed by atoms with Crippen LogP contribution in [-0.4, -0.2) is 39.9 Å². The summed E-state index contributed by atoms with van der Waals surface area (Å²) in [5.74, 6) is -0.565. The molecule has 0 bridgehead atoms. The number of esters is 2. The highest BCUT2D eigenvalue weighted by molar-refractivity contribution is 6.17. The van der Waals surface area contributed by atoms with E-state index in [1.54, 1.807) is 24.3 Å². The molecule has 6 heteroatoms. The van der Waals surface area contributed by atoms with Gasteiger partial charge in [0.05, 0.1) is 21.3 Å². The van der Waals surface area contributed by atoms with Gasteiger partial charge in [0.1, 0.15) is 12.2 Å². The van der Waals surface area contributed by atoms with E-state index in [1.807, 2.05) is 0 Å². The Morgan fingerprint density at radius 2 is 1.68 bits per heavy atom. The zero-order valence-electron chi connectivity index (χ0n) is 14.7. The van der Waals surface area contributed by atoms with E-state index in [-0.39, 0.29) is 5.57 Å². The predicted molar refractivity (Wildman–Crippen MR) is 94.6 cm³/mol. The monoisotopic (exact) mass is 346 g/mol. The third-order valence-electron chi connectivity index (χ3n) is 3.21. The fourth-order valence-electron chi connectivity index (χ4n) is 2.12. The summed E-state index contributed by atoms with van der Waals surface area (Å²) < 4.78 is 20.3. The maximum atomic E-state index is 11.8. The van der Waals surface area contributed by atoms with Gasteiger partial charge < -0.3 is 18.9 Å². The summed E-state index contributed by atoms with van der Waals surface area (Å²) in [6, 6.07) is 3.42. The average Bonchev–Trinajstić information content (AvgIpc) is 2.63. The maximum absolute atomic E-state index is 11.8. The lowest BCUT2D eigenvalue weighted by Gasteiger charge is -2.15. The van der Waals surface area contributed by atoms with Crippen molar-refractivity contribution in [3.05, 3.63) is 54.1 Å². The number of rotatable bonds is 9. The molecule has 0 aliphatic rings. The second kappa shape index (κ2) is 9.97. The van der Waals surface area contributed by atoms with Gasteiger partial charge in [-0.25, -0.2) is 9.59 Å². The van der Waals surface area contributed by atoms with Gasteiger partial charge in [-0.1, -0.05) is 18.7 Å². The van der Waals surface area contributed by atoms with Crippen molar-refractivity contribution < 1.29 is 28.5 Å². The molecule has 0 radical (unpaired) electrons. The van der Waals surface area contributed by atoms with Crippen LogP contribution in [0.3, 0.4) is 0 Å². The van der Waals surface area contributed by atoms with Crippen LogP contribution in [-0.2, 0) is 25.5 Å². The molecular formula is C19H22O6. The first-order valence-electron chi connectivity index (χ1n) is 7.46. The lowest BCUT2D eigenvalue weighted by atomic mass is 10.0. The average molecular weight is 346 g/mol. The summed E-state index contributed by atoms with van der Waals surface area (Å²) in [5, 5.41) is 0. The highest BCUT2D eigenvalue weighted by Crippen LogP contribution is 2.34. The first-order valence-corrected chi connectivity index (χ1v) is 7.46. The molecule has 0 atom stereocenters. The molecule has 0 aromatic heterocycles. The molecule has 0 unspecified atom stereocenters. The molecule has 0 fully saturated rings. The zero-order chi connectivity index (χ0) is 18.8. The summed E-state index contributed by atoms with van der Waals surface area (Å²) >= 11 is 0. The zero-order valence-corrected chi connectivity index (χ0v) is 14.7. The Labute approximate surface area is 147 Å². The van der Waals surface area contributed by atoms with Gasteiger partial charge in [0, 0.05) is 5.56 Å². The Morgan fingerprint density at radius 1 is 1.04 bits per heavy atom. The van der Waals surface area contributed by atoms with Crippen LogP contribution in [0.2, 0.25) is 0 Å². The van der Waals surface area contributed by atoms with Crippen molar-refractivity contribution in [3.63, 3.8) is 0 Å². The molecule has 0 amide bonds. The number of carbonyl (C=O) groups excluding carboxylic acids is 2. The predicted octanol–water partition coefficient (Wildman–Crippen LogP) is 2.72. The molecule has 1 aromatic rings. The highest BCUT2D eigenvalue weighted by atomic mass is 16.5. The first kappa shape index (κ1) is 20.0. The fourth-order valence-corrected chi connectivity index (χ4v) is 2.12. The maximum Gasteiger partial charge on any atom is 0.345 e. The number of benzene rings is 1. The van der Waals surface area contributed by atoms with Crippen molar-refractivity contribution in [3.8, 4) is 11.5 Å². The van der Waals surface area contributed by atoms with Crippen molar-refractivity contribution in [2.24, 2.45) is 0 Å². The van der Waals surface area contributed by atoms with Gasteiger partial charge in [-0.3, -0.25) is 0 Å². The molecule has 0 saturated carbocycles. The SMILES string of the molecule is C=CCOc1c(CC=C)cc(C=C(C(=O)OC)C(=O)OC)cc1OC. The lowest BCUT2D eigenvalue weighted by Crippen LogP contribution is -2.15.